The van der Waals surface area contributed by atoms with Gasteiger partial charge in [-0.2, -0.15) is 0 Å². The van der Waals surface area contributed by atoms with Crippen LogP contribution in [0.2, 0.25) is 0 Å². The summed E-state index contributed by atoms with van der Waals surface area (Å²) in [5.41, 5.74) is -1.86. The normalized spacial score (nSPS) is 31.3. The van der Waals surface area contributed by atoms with E-state index in [0.29, 0.717) is 0 Å². The van der Waals surface area contributed by atoms with Crippen LogP contribution in [0.25, 0.3) is 0 Å². The summed E-state index contributed by atoms with van der Waals surface area (Å²) in [7, 11) is 2.49. The number of amides is 4. The third-order valence-corrected chi connectivity index (χ3v) is 10.9. The van der Waals surface area contributed by atoms with Crippen LogP contribution in [-0.4, -0.2) is 57.5 Å². The van der Waals surface area contributed by atoms with Crippen molar-refractivity contribution in [3.63, 3.8) is 0 Å². The van der Waals surface area contributed by atoms with E-state index in [-0.39, 0.29) is 32.7 Å². The topological polar surface area (TPSA) is 104 Å². The zero-order valence-electron chi connectivity index (χ0n) is 22.4. The Kier molecular flexibility index (Phi) is 6.91. The minimum Gasteiger partial charge on any atom is -0.504 e. The number of rotatable bonds is 3. The number of fused-ring (bicyclic) bond motifs is 4. The summed E-state index contributed by atoms with van der Waals surface area (Å²) < 4.78 is 78.1. The van der Waals surface area contributed by atoms with Crippen molar-refractivity contribution >= 4 is 68.4 Å². The van der Waals surface area contributed by atoms with E-state index in [1.165, 1.54) is 32.4 Å². The lowest BCUT2D eigenvalue weighted by atomic mass is 9.56. The highest BCUT2D eigenvalue weighted by Crippen LogP contribution is 2.67. The summed E-state index contributed by atoms with van der Waals surface area (Å²) in [4.78, 5) is 49.7. The van der Waals surface area contributed by atoms with Gasteiger partial charge in [0.25, 0.3) is 11.8 Å². The molecule has 0 aromatic heterocycles. The van der Waals surface area contributed by atoms with Gasteiger partial charge in [-0.15, -0.1) is 23.2 Å². The molecule has 4 amide bonds. The quantitative estimate of drug-likeness (QED) is 0.119. The summed E-state index contributed by atoms with van der Waals surface area (Å²) in [6.45, 7) is 0. The molecular formula is C28H18BrCl2F5N2O6. The zero-order valence-corrected chi connectivity index (χ0v) is 25.5. The molecule has 0 bridgehead atoms. The molecular weight excluding hydrogens is 706 g/mol. The highest BCUT2D eigenvalue weighted by molar-refractivity contribution is 9.10. The van der Waals surface area contributed by atoms with Crippen molar-refractivity contribution in [2.75, 3.05) is 19.1 Å². The number of carbonyl (C=O) groups is 4. The third-order valence-electron chi connectivity index (χ3n) is 9.04. The first-order chi connectivity index (χ1) is 20.5. The van der Waals surface area contributed by atoms with E-state index < -0.39 is 104 Å². The van der Waals surface area contributed by atoms with Crippen LogP contribution in [0.5, 0.6) is 11.5 Å². The number of benzene rings is 2. The van der Waals surface area contributed by atoms with Gasteiger partial charge in [0.1, 0.15) is 5.69 Å². The summed E-state index contributed by atoms with van der Waals surface area (Å²) in [5.74, 6) is -22.2. The lowest BCUT2D eigenvalue weighted by molar-refractivity contribution is -0.138. The molecule has 2 aliphatic heterocycles. The summed E-state index contributed by atoms with van der Waals surface area (Å²) in [6.07, 6.45) is 0.865. The molecule has 6 rings (SSSR count). The number of methoxy groups -OCH3 is 1. The van der Waals surface area contributed by atoms with E-state index in [1.54, 1.807) is 0 Å². The summed E-state index contributed by atoms with van der Waals surface area (Å²) in [5, 5.41) is 11.2. The van der Waals surface area contributed by atoms with E-state index in [2.05, 4.69) is 15.9 Å². The van der Waals surface area contributed by atoms with Crippen LogP contribution in [0, 0.1) is 46.8 Å². The van der Waals surface area contributed by atoms with Crippen LogP contribution in [0.15, 0.2) is 28.3 Å². The van der Waals surface area contributed by atoms with Crippen molar-refractivity contribution in [3.8, 4) is 11.5 Å². The standard InChI is InChI=1S/C28H18BrCl2F5N2O6/c1-37-23(40)10-4-3-9-12(14(10)24(37)41)7-27(30)25(42)38(21-19(35)17(33)16(32)18(34)20(21)36)26(43)28(27,31)15(9)11-5-8(29)6-13(44-2)22(11)39/h3,5-6,10,12,14-15,39H,4,7H2,1-2H3. The van der Waals surface area contributed by atoms with Crippen LogP contribution in [0.4, 0.5) is 27.6 Å². The maximum atomic E-state index is 15.1. The average molecular weight is 724 g/mol. The van der Waals surface area contributed by atoms with Crippen LogP contribution in [0.3, 0.4) is 0 Å². The lowest BCUT2D eigenvalue weighted by Crippen LogP contribution is -2.60. The number of allylic oxidation sites excluding steroid dienone is 2. The molecule has 44 heavy (non-hydrogen) atoms. The minimum atomic E-state index is -2.76. The number of halogens is 8. The zero-order chi connectivity index (χ0) is 32.4. The number of alkyl halides is 2. The van der Waals surface area contributed by atoms with Gasteiger partial charge in [-0.1, -0.05) is 27.6 Å². The van der Waals surface area contributed by atoms with E-state index in [0.717, 1.165) is 4.90 Å². The molecule has 1 N–H and O–H groups in total. The van der Waals surface area contributed by atoms with Crippen molar-refractivity contribution in [2.24, 2.45) is 17.8 Å². The van der Waals surface area contributed by atoms with Crippen molar-refractivity contribution in [1.82, 2.24) is 4.90 Å². The molecule has 3 fully saturated rings. The first kappa shape index (κ1) is 30.8. The number of hydrogen-bond acceptors (Lipinski definition) is 6. The van der Waals surface area contributed by atoms with Gasteiger partial charge in [-0.25, -0.2) is 26.9 Å². The third kappa shape index (κ3) is 3.61. The first-order valence-corrected chi connectivity index (χ1v) is 14.4. The Balaban J connectivity index is 1.65. The minimum absolute atomic E-state index is 0.0143. The Morgan fingerprint density at radius 3 is 2.11 bits per heavy atom. The van der Waals surface area contributed by atoms with Gasteiger partial charge in [0.05, 0.1) is 18.9 Å². The van der Waals surface area contributed by atoms with Gasteiger partial charge in [0.2, 0.25) is 17.6 Å². The Hall–Kier alpha value is -3.23. The Bertz CT molecular complexity index is 1750. The van der Waals surface area contributed by atoms with Crippen LogP contribution in [0.1, 0.15) is 24.3 Å². The number of nitrogens with zero attached hydrogens (tertiary/aromatic N) is 2. The maximum absolute atomic E-state index is 15.1. The fourth-order valence-electron chi connectivity index (χ4n) is 7.04. The van der Waals surface area contributed by atoms with Crippen molar-refractivity contribution in [1.29, 1.82) is 0 Å². The van der Waals surface area contributed by atoms with Crippen molar-refractivity contribution in [3.05, 3.63) is 62.9 Å². The maximum Gasteiger partial charge on any atom is 0.258 e. The Morgan fingerprint density at radius 1 is 0.932 bits per heavy atom. The molecule has 6 atom stereocenters. The fraction of sp³-hybridized carbons (Fsp3) is 0.357. The number of anilines is 1. The highest BCUT2D eigenvalue weighted by atomic mass is 79.9. The largest absolute Gasteiger partial charge is 0.504 e. The number of aromatic hydroxyl groups is 1. The number of hydrogen-bond donors (Lipinski definition) is 1. The monoisotopic (exact) mass is 722 g/mol. The van der Waals surface area contributed by atoms with Crippen molar-refractivity contribution < 1.29 is 51.0 Å². The highest BCUT2D eigenvalue weighted by Gasteiger charge is 2.77. The molecule has 6 unspecified atom stereocenters. The number of ether oxygens (including phenoxy) is 1. The SMILES string of the molecule is COc1cc(Br)cc(C2C3=CCC4C(=O)N(C)C(=O)C4C3CC3(Cl)C(=O)N(c4c(F)c(F)c(F)c(F)c4F)C(=O)C23Cl)c1O. The summed E-state index contributed by atoms with van der Waals surface area (Å²) in [6, 6.07) is 2.67. The molecule has 2 heterocycles. The van der Waals surface area contributed by atoms with Gasteiger partial charge < -0.3 is 9.84 Å². The number of imide groups is 2. The predicted molar refractivity (Wildman–Crippen MR) is 147 cm³/mol. The molecule has 232 valence electrons. The van der Waals surface area contributed by atoms with E-state index in [4.69, 9.17) is 27.9 Å². The molecule has 4 aliphatic rings. The van der Waals surface area contributed by atoms with Gasteiger partial charge in [-0.05, 0) is 30.9 Å². The Morgan fingerprint density at radius 2 is 1.52 bits per heavy atom. The van der Waals surface area contributed by atoms with Crippen LogP contribution in [-0.2, 0) is 19.2 Å². The average Bonchev–Trinajstić information content (AvgIpc) is 3.30. The van der Waals surface area contributed by atoms with Gasteiger partial charge in [0, 0.05) is 23.0 Å². The number of likely N-dealkylation sites (tertiary alicyclic amines) is 1. The van der Waals surface area contributed by atoms with Gasteiger partial charge in [-0.3, -0.25) is 24.1 Å². The van der Waals surface area contributed by atoms with Crippen LogP contribution < -0.4 is 9.64 Å². The molecule has 2 saturated heterocycles. The number of phenolic OH excluding ortho intramolecular Hbond substituents is 1. The Labute approximate surface area is 263 Å². The van der Waals surface area contributed by atoms with E-state index in [1.807, 2.05) is 0 Å². The molecule has 0 radical (unpaired) electrons. The second kappa shape index (κ2) is 9.88. The fourth-order valence-corrected chi connectivity index (χ4v) is 8.42. The molecule has 2 aromatic carbocycles. The first-order valence-electron chi connectivity index (χ1n) is 12.9. The molecule has 2 aromatic rings. The second-order valence-electron chi connectivity index (χ2n) is 11.0. The molecule has 8 nitrogen and oxygen atoms in total. The molecule has 16 heteroatoms. The molecule has 0 spiro atoms. The van der Waals surface area contributed by atoms with Crippen molar-refractivity contribution in [2.45, 2.75) is 28.5 Å². The molecule has 1 saturated carbocycles. The van der Waals surface area contributed by atoms with Crippen LogP contribution >= 0.6 is 39.1 Å². The van der Waals surface area contributed by atoms with Gasteiger partial charge in [0.15, 0.2) is 44.5 Å². The second-order valence-corrected chi connectivity index (χ2v) is 13.1. The number of carbonyl (C=O) groups excluding carboxylic acids is 4. The number of phenols is 1. The van der Waals surface area contributed by atoms with Gasteiger partial charge >= 0.3 is 0 Å². The lowest BCUT2D eigenvalue weighted by Gasteiger charge is -2.50. The molecule has 2 aliphatic carbocycles. The predicted octanol–water partition coefficient (Wildman–Crippen LogP) is 5.05. The smallest absolute Gasteiger partial charge is 0.258 e. The van der Waals surface area contributed by atoms with E-state index >= 15 is 8.78 Å². The summed E-state index contributed by atoms with van der Waals surface area (Å²) >= 11 is 17.3. The van der Waals surface area contributed by atoms with E-state index in [9.17, 15) is 37.5 Å².